The number of benzene rings is 1. The molecule has 1 aliphatic rings. The summed E-state index contributed by atoms with van der Waals surface area (Å²) < 4.78 is 5.22. The molecule has 3 rings (SSSR count). The molecule has 5 nitrogen and oxygen atoms in total. The molecule has 1 fully saturated rings. The molecular weight excluding hydrogens is 290 g/mol. The SMILES string of the molecule is Cc1cc(Cl)c(NC(=O)C2(N)CCOC2)c2cccnc12. The highest BCUT2D eigenvalue weighted by atomic mass is 35.5. The predicted molar refractivity (Wildman–Crippen MR) is 82.5 cm³/mol. The predicted octanol–water partition coefficient (Wildman–Crippen LogP) is 2.25. The highest BCUT2D eigenvalue weighted by Crippen LogP contribution is 2.33. The molecule has 6 heteroatoms. The van der Waals surface area contributed by atoms with Gasteiger partial charge in [-0.25, -0.2) is 0 Å². The number of amides is 1. The van der Waals surface area contributed by atoms with Crippen LogP contribution < -0.4 is 11.1 Å². The highest BCUT2D eigenvalue weighted by Gasteiger charge is 2.38. The van der Waals surface area contributed by atoms with Crippen LogP contribution in [0, 0.1) is 6.92 Å². The van der Waals surface area contributed by atoms with Crippen molar-refractivity contribution < 1.29 is 9.53 Å². The lowest BCUT2D eigenvalue weighted by Crippen LogP contribution is -2.51. The van der Waals surface area contributed by atoms with E-state index in [0.29, 0.717) is 23.7 Å². The topological polar surface area (TPSA) is 77.2 Å². The number of nitrogens with one attached hydrogen (secondary N) is 1. The van der Waals surface area contributed by atoms with Crippen LogP contribution in [-0.2, 0) is 9.53 Å². The molecule has 2 aromatic rings. The summed E-state index contributed by atoms with van der Waals surface area (Å²) in [6.07, 6.45) is 2.21. The number of nitrogens with zero attached hydrogens (tertiary/aromatic N) is 1. The summed E-state index contributed by atoms with van der Waals surface area (Å²) in [7, 11) is 0. The molecule has 1 aromatic carbocycles. The maximum absolute atomic E-state index is 12.4. The van der Waals surface area contributed by atoms with Crippen LogP contribution in [0.1, 0.15) is 12.0 Å². The number of halogens is 1. The van der Waals surface area contributed by atoms with Gasteiger partial charge in [-0.15, -0.1) is 0 Å². The quantitative estimate of drug-likeness (QED) is 0.892. The van der Waals surface area contributed by atoms with Gasteiger partial charge in [-0.2, -0.15) is 0 Å². The van der Waals surface area contributed by atoms with Gasteiger partial charge in [0.1, 0.15) is 5.54 Å². The minimum Gasteiger partial charge on any atom is -0.379 e. The number of hydrogen-bond donors (Lipinski definition) is 2. The summed E-state index contributed by atoms with van der Waals surface area (Å²) in [6, 6.07) is 5.48. The normalized spacial score (nSPS) is 21.7. The fourth-order valence-corrected chi connectivity index (χ4v) is 2.82. The summed E-state index contributed by atoms with van der Waals surface area (Å²) in [5, 5.41) is 4.13. The van der Waals surface area contributed by atoms with E-state index in [4.69, 9.17) is 22.1 Å². The molecule has 2 heterocycles. The average Bonchev–Trinajstić information content (AvgIpc) is 2.91. The first-order valence-electron chi connectivity index (χ1n) is 6.73. The van der Waals surface area contributed by atoms with E-state index >= 15 is 0 Å². The van der Waals surface area contributed by atoms with Crippen LogP contribution in [0.3, 0.4) is 0 Å². The van der Waals surface area contributed by atoms with Crippen LogP contribution in [0.4, 0.5) is 5.69 Å². The number of anilines is 1. The van der Waals surface area contributed by atoms with Gasteiger partial charge in [0.05, 0.1) is 22.8 Å². The number of hydrogen-bond acceptors (Lipinski definition) is 4. The van der Waals surface area contributed by atoms with Crippen molar-refractivity contribution in [3.05, 3.63) is 35.0 Å². The third-order valence-corrected chi connectivity index (χ3v) is 4.07. The standard InChI is InChI=1S/C15H16ClN3O2/c1-9-7-11(16)13(10-3-2-5-18-12(9)10)19-14(20)15(17)4-6-21-8-15/h2-3,5,7H,4,6,8,17H2,1H3,(H,19,20). The smallest absolute Gasteiger partial charge is 0.247 e. The van der Waals surface area contributed by atoms with E-state index < -0.39 is 5.54 Å². The van der Waals surface area contributed by atoms with Crippen molar-refractivity contribution in [2.45, 2.75) is 18.9 Å². The van der Waals surface area contributed by atoms with Gasteiger partial charge in [0.25, 0.3) is 0 Å². The Morgan fingerprint density at radius 1 is 1.57 bits per heavy atom. The van der Waals surface area contributed by atoms with Crippen LogP contribution >= 0.6 is 11.6 Å². The van der Waals surface area contributed by atoms with Crippen molar-refractivity contribution >= 4 is 34.1 Å². The number of nitrogens with two attached hydrogens (primary N) is 1. The molecule has 21 heavy (non-hydrogen) atoms. The fourth-order valence-electron chi connectivity index (χ4n) is 2.51. The van der Waals surface area contributed by atoms with Gasteiger partial charge in [-0.05, 0) is 37.1 Å². The number of carbonyl (C=O) groups is 1. The molecule has 110 valence electrons. The van der Waals surface area contributed by atoms with E-state index in [2.05, 4.69) is 10.3 Å². The molecule has 1 aliphatic heterocycles. The number of ether oxygens (including phenoxy) is 1. The van der Waals surface area contributed by atoms with Crippen LogP contribution in [0.15, 0.2) is 24.4 Å². The number of aryl methyl sites for hydroxylation is 1. The Bertz CT molecular complexity index is 711. The fraction of sp³-hybridized carbons (Fsp3) is 0.333. The Kier molecular flexibility index (Phi) is 3.57. The average molecular weight is 306 g/mol. The van der Waals surface area contributed by atoms with Gasteiger partial charge >= 0.3 is 0 Å². The van der Waals surface area contributed by atoms with Gasteiger partial charge in [-0.1, -0.05) is 11.6 Å². The molecule has 1 atom stereocenters. The second-order valence-corrected chi connectivity index (χ2v) is 5.77. The molecule has 0 spiro atoms. The second kappa shape index (κ2) is 5.26. The number of pyridine rings is 1. The second-order valence-electron chi connectivity index (χ2n) is 5.36. The first-order valence-corrected chi connectivity index (χ1v) is 7.11. The maximum atomic E-state index is 12.4. The molecule has 1 saturated heterocycles. The van der Waals surface area contributed by atoms with Crippen molar-refractivity contribution in [1.82, 2.24) is 4.98 Å². The zero-order valence-electron chi connectivity index (χ0n) is 11.6. The van der Waals surface area contributed by atoms with Gasteiger partial charge in [-0.3, -0.25) is 9.78 Å². The number of rotatable bonds is 2. The summed E-state index contributed by atoms with van der Waals surface area (Å²) in [5.41, 5.74) is 7.40. The van der Waals surface area contributed by atoms with Gasteiger partial charge in [0.2, 0.25) is 5.91 Å². The van der Waals surface area contributed by atoms with Crippen LogP contribution in [0.5, 0.6) is 0 Å². The molecule has 1 amide bonds. The first kappa shape index (κ1) is 14.3. The molecule has 0 saturated carbocycles. The lowest BCUT2D eigenvalue weighted by molar-refractivity contribution is -0.121. The number of aromatic nitrogens is 1. The van der Waals surface area contributed by atoms with Crippen LogP contribution in [0.2, 0.25) is 5.02 Å². The number of carbonyl (C=O) groups excluding carboxylic acids is 1. The van der Waals surface area contributed by atoms with Crippen molar-refractivity contribution in [2.75, 3.05) is 18.5 Å². The largest absolute Gasteiger partial charge is 0.379 e. The van der Waals surface area contributed by atoms with E-state index in [9.17, 15) is 4.79 Å². The lowest BCUT2D eigenvalue weighted by Gasteiger charge is -2.22. The molecule has 1 unspecified atom stereocenters. The zero-order chi connectivity index (χ0) is 15.0. The lowest BCUT2D eigenvalue weighted by atomic mass is 9.98. The monoisotopic (exact) mass is 305 g/mol. The zero-order valence-corrected chi connectivity index (χ0v) is 12.4. The van der Waals surface area contributed by atoms with E-state index in [1.165, 1.54) is 0 Å². The Morgan fingerprint density at radius 2 is 2.38 bits per heavy atom. The van der Waals surface area contributed by atoms with Gasteiger partial charge in [0, 0.05) is 18.2 Å². The van der Waals surface area contributed by atoms with E-state index in [-0.39, 0.29) is 12.5 Å². The Balaban J connectivity index is 2.03. The minimum absolute atomic E-state index is 0.221. The van der Waals surface area contributed by atoms with Crippen LogP contribution in [0.25, 0.3) is 10.9 Å². The van der Waals surface area contributed by atoms with Crippen molar-refractivity contribution in [3.63, 3.8) is 0 Å². The summed E-state index contributed by atoms with van der Waals surface area (Å²) in [5.74, 6) is -0.282. The minimum atomic E-state index is -0.997. The Morgan fingerprint density at radius 3 is 3.10 bits per heavy atom. The van der Waals surface area contributed by atoms with E-state index in [1.54, 1.807) is 12.3 Å². The van der Waals surface area contributed by atoms with Crippen molar-refractivity contribution in [1.29, 1.82) is 0 Å². The third kappa shape index (κ3) is 2.48. The Hall–Kier alpha value is -1.69. The molecule has 0 aliphatic carbocycles. The first-order chi connectivity index (χ1) is 10.0. The van der Waals surface area contributed by atoms with Crippen molar-refractivity contribution in [2.24, 2.45) is 5.73 Å². The third-order valence-electron chi connectivity index (χ3n) is 3.78. The van der Waals surface area contributed by atoms with Gasteiger partial charge < -0.3 is 15.8 Å². The van der Waals surface area contributed by atoms with E-state index in [0.717, 1.165) is 16.5 Å². The molecule has 1 aromatic heterocycles. The number of fused-ring (bicyclic) bond motifs is 1. The van der Waals surface area contributed by atoms with Crippen LogP contribution in [-0.4, -0.2) is 29.6 Å². The van der Waals surface area contributed by atoms with Crippen molar-refractivity contribution in [3.8, 4) is 0 Å². The molecular formula is C15H16ClN3O2. The highest BCUT2D eigenvalue weighted by molar-refractivity contribution is 6.35. The molecule has 0 bridgehead atoms. The Labute approximate surface area is 127 Å². The molecule has 3 N–H and O–H groups in total. The summed E-state index contributed by atoms with van der Waals surface area (Å²) in [4.78, 5) is 16.8. The summed E-state index contributed by atoms with van der Waals surface area (Å²) in [6.45, 7) is 2.65. The van der Waals surface area contributed by atoms with Gasteiger partial charge in [0.15, 0.2) is 0 Å². The summed E-state index contributed by atoms with van der Waals surface area (Å²) >= 11 is 6.29. The molecule has 0 radical (unpaired) electrons. The van der Waals surface area contributed by atoms with E-state index in [1.807, 2.05) is 19.1 Å². The maximum Gasteiger partial charge on any atom is 0.247 e.